The van der Waals surface area contributed by atoms with Crippen molar-refractivity contribution in [1.29, 1.82) is 0 Å². The second-order valence-electron chi connectivity index (χ2n) is 5.35. The molecule has 2 nitrogen and oxygen atoms in total. The first-order chi connectivity index (χ1) is 6.68. The Morgan fingerprint density at radius 1 is 1.07 bits per heavy atom. The summed E-state index contributed by atoms with van der Waals surface area (Å²) in [6, 6.07) is 0.452. The van der Waals surface area contributed by atoms with Gasteiger partial charge in [-0.2, -0.15) is 0 Å². The highest BCUT2D eigenvalue weighted by molar-refractivity contribution is 4.91. The molecule has 0 spiro atoms. The molecule has 1 heterocycles. The van der Waals surface area contributed by atoms with E-state index >= 15 is 0 Å². The van der Waals surface area contributed by atoms with E-state index in [1.54, 1.807) is 0 Å². The van der Waals surface area contributed by atoms with Crippen LogP contribution in [0.1, 0.15) is 39.5 Å². The first-order valence-corrected chi connectivity index (χ1v) is 6.10. The topological polar surface area (TPSA) is 23.5 Å². The van der Waals surface area contributed by atoms with E-state index in [1.165, 1.54) is 32.4 Å². The summed E-state index contributed by atoms with van der Waals surface area (Å²) in [7, 11) is 0. The molecule has 1 saturated carbocycles. The van der Waals surface area contributed by atoms with Gasteiger partial charge in [0.25, 0.3) is 0 Å². The minimum atomic E-state index is -0.0770. The maximum atomic E-state index is 10.1. The molecule has 0 bridgehead atoms. The van der Waals surface area contributed by atoms with Crippen molar-refractivity contribution in [2.45, 2.75) is 51.7 Å². The molecular weight excluding hydrogens is 174 g/mol. The van der Waals surface area contributed by atoms with Crippen LogP contribution in [-0.2, 0) is 0 Å². The lowest BCUT2D eigenvalue weighted by molar-refractivity contribution is -0.0150. The molecule has 2 aliphatic rings. The zero-order chi connectivity index (χ0) is 10.1. The summed E-state index contributed by atoms with van der Waals surface area (Å²) >= 11 is 0. The lowest BCUT2D eigenvalue weighted by Crippen LogP contribution is -2.50. The number of hydrogen-bond acceptors (Lipinski definition) is 2. The number of aliphatic hydroxyl groups is 1. The maximum Gasteiger partial charge on any atom is 0.0700 e. The van der Waals surface area contributed by atoms with Gasteiger partial charge in [-0.25, -0.2) is 0 Å². The predicted octanol–water partition coefficient (Wildman–Crippen LogP) is 1.88. The van der Waals surface area contributed by atoms with Gasteiger partial charge in [-0.1, -0.05) is 13.8 Å². The normalized spacial score (nSPS) is 45.6. The van der Waals surface area contributed by atoms with Crippen molar-refractivity contribution in [2.75, 3.05) is 13.1 Å². The Kier molecular flexibility index (Phi) is 3.13. The molecule has 4 unspecified atom stereocenters. The number of hydrogen-bond donors (Lipinski definition) is 1. The van der Waals surface area contributed by atoms with E-state index in [-0.39, 0.29) is 6.10 Å². The Morgan fingerprint density at radius 3 is 2.29 bits per heavy atom. The van der Waals surface area contributed by atoms with Crippen molar-refractivity contribution in [3.63, 3.8) is 0 Å². The highest BCUT2D eigenvalue weighted by Gasteiger charge is 2.37. The molecule has 0 aromatic rings. The fraction of sp³-hybridized carbons (Fsp3) is 1.00. The molecule has 4 atom stereocenters. The molecule has 82 valence electrons. The van der Waals surface area contributed by atoms with Gasteiger partial charge < -0.3 is 5.11 Å². The molecule has 2 rings (SSSR count). The summed E-state index contributed by atoms with van der Waals surface area (Å²) in [5, 5.41) is 10.1. The number of aliphatic hydroxyl groups excluding tert-OH is 1. The van der Waals surface area contributed by atoms with Crippen molar-refractivity contribution in [3.05, 3.63) is 0 Å². The van der Waals surface area contributed by atoms with E-state index in [9.17, 15) is 5.11 Å². The van der Waals surface area contributed by atoms with E-state index in [0.717, 1.165) is 6.42 Å². The number of likely N-dealkylation sites (tertiary alicyclic amines) is 1. The lowest BCUT2D eigenvalue weighted by Gasteiger charge is -2.42. The summed E-state index contributed by atoms with van der Waals surface area (Å²) in [5.41, 5.74) is 0. The van der Waals surface area contributed by atoms with Crippen LogP contribution in [0.25, 0.3) is 0 Å². The summed E-state index contributed by atoms with van der Waals surface area (Å²) in [4.78, 5) is 2.52. The Hall–Kier alpha value is -0.0800. The standard InChI is InChI=1S/C12H23NO/c1-9-7-10(2)12(11(14)8-9)13-5-3-4-6-13/h9-12,14H,3-8H2,1-2H3. The average Bonchev–Trinajstić information content (AvgIpc) is 2.54. The molecule has 1 saturated heterocycles. The molecule has 0 radical (unpaired) electrons. The van der Waals surface area contributed by atoms with Crippen LogP contribution < -0.4 is 0 Å². The van der Waals surface area contributed by atoms with Crippen LogP contribution in [0.3, 0.4) is 0 Å². The highest BCUT2D eigenvalue weighted by atomic mass is 16.3. The second-order valence-corrected chi connectivity index (χ2v) is 5.35. The molecule has 1 N–H and O–H groups in total. The second kappa shape index (κ2) is 4.19. The first-order valence-electron chi connectivity index (χ1n) is 6.10. The molecular formula is C12H23NO. The van der Waals surface area contributed by atoms with Crippen molar-refractivity contribution in [1.82, 2.24) is 4.90 Å². The summed E-state index contributed by atoms with van der Waals surface area (Å²) in [6.07, 6.45) is 4.87. The van der Waals surface area contributed by atoms with Gasteiger partial charge in [0.1, 0.15) is 0 Å². The third kappa shape index (κ3) is 1.96. The van der Waals surface area contributed by atoms with Crippen LogP contribution in [0, 0.1) is 11.8 Å². The molecule has 1 aliphatic carbocycles. The smallest absolute Gasteiger partial charge is 0.0700 e. The predicted molar refractivity (Wildman–Crippen MR) is 58.2 cm³/mol. The van der Waals surface area contributed by atoms with E-state index in [2.05, 4.69) is 18.7 Å². The summed E-state index contributed by atoms with van der Waals surface area (Å²) < 4.78 is 0. The molecule has 2 heteroatoms. The lowest BCUT2D eigenvalue weighted by atomic mass is 9.77. The molecule has 14 heavy (non-hydrogen) atoms. The maximum absolute atomic E-state index is 10.1. The van der Waals surface area contributed by atoms with Crippen molar-refractivity contribution in [3.8, 4) is 0 Å². The monoisotopic (exact) mass is 197 g/mol. The van der Waals surface area contributed by atoms with Gasteiger partial charge in [0, 0.05) is 6.04 Å². The van der Waals surface area contributed by atoms with E-state index in [1.807, 2.05) is 0 Å². The van der Waals surface area contributed by atoms with E-state index < -0.39 is 0 Å². The van der Waals surface area contributed by atoms with Crippen LogP contribution in [0.4, 0.5) is 0 Å². The Labute approximate surface area is 87.3 Å². The Bertz CT molecular complexity index is 177. The zero-order valence-electron chi connectivity index (χ0n) is 9.45. The highest BCUT2D eigenvalue weighted by Crippen LogP contribution is 2.33. The van der Waals surface area contributed by atoms with E-state index in [4.69, 9.17) is 0 Å². The van der Waals surface area contributed by atoms with Gasteiger partial charge in [0.05, 0.1) is 6.10 Å². The molecule has 2 fully saturated rings. The van der Waals surface area contributed by atoms with Crippen LogP contribution in [0.2, 0.25) is 0 Å². The first kappa shape index (κ1) is 10.4. The fourth-order valence-corrected chi connectivity index (χ4v) is 3.44. The summed E-state index contributed by atoms with van der Waals surface area (Å²) in [6.45, 7) is 6.99. The molecule has 0 aromatic carbocycles. The van der Waals surface area contributed by atoms with Gasteiger partial charge in [-0.15, -0.1) is 0 Å². The van der Waals surface area contributed by atoms with Gasteiger partial charge in [-0.05, 0) is 50.6 Å². The third-order valence-corrected chi connectivity index (χ3v) is 3.96. The molecule has 1 aliphatic heterocycles. The SMILES string of the molecule is CC1CC(C)C(N2CCCC2)C(O)C1. The number of nitrogens with zero attached hydrogens (tertiary/aromatic N) is 1. The van der Waals surface area contributed by atoms with Crippen LogP contribution >= 0.6 is 0 Å². The van der Waals surface area contributed by atoms with Crippen LogP contribution in [-0.4, -0.2) is 35.2 Å². The van der Waals surface area contributed by atoms with E-state index in [0.29, 0.717) is 17.9 Å². The third-order valence-electron chi connectivity index (χ3n) is 3.96. The number of rotatable bonds is 1. The van der Waals surface area contributed by atoms with Gasteiger partial charge in [0.2, 0.25) is 0 Å². The molecule has 0 aromatic heterocycles. The van der Waals surface area contributed by atoms with Crippen molar-refractivity contribution >= 4 is 0 Å². The zero-order valence-corrected chi connectivity index (χ0v) is 9.45. The van der Waals surface area contributed by atoms with Gasteiger partial charge >= 0.3 is 0 Å². The van der Waals surface area contributed by atoms with Crippen molar-refractivity contribution in [2.24, 2.45) is 11.8 Å². The Balaban J connectivity index is 2.01. The van der Waals surface area contributed by atoms with Crippen LogP contribution in [0.5, 0.6) is 0 Å². The Morgan fingerprint density at radius 2 is 1.71 bits per heavy atom. The molecule has 0 amide bonds. The summed E-state index contributed by atoms with van der Waals surface area (Å²) in [5.74, 6) is 1.38. The minimum absolute atomic E-state index is 0.0770. The van der Waals surface area contributed by atoms with Crippen molar-refractivity contribution < 1.29 is 5.11 Å². The minimum Gasteiger partial charge on any atom is -0.391 e. The van der Waals surface area contributed by atoms with Crippen LogP contribution in [0.15, 0.2) is 0 Å². The quantitative estimate of drug-likeness (QED) is 0.694. The average molecular weight is 197 g/mol. The largest absolute Gasteiger partial charge is 0.391 e. The van der Waals surface area contributed by atoms with Gasteiger partial charge in [-0.3, -0.25) is 4.90 Å². The fourth-order valence-electron chi connectivity index (χ4n) is 3.44. The van der Waals surface area contributed by atoms with Gasteiger partial charge in [0.15, 0.2) is 0 Å².